The minimum Gasteiger partial charge on any atom is -0.310 e. The van der Waals surface area contributed by atoms with Crippen LogP contribution in [-0.2, 0) is 0 Å². The smallest absolute Gasteiger partial charge is 0.126 e. The summed E-state index contributed by atoms with van der Waals surface area (Å²) in [5.74, 6) is -0.132. The normalized spacial score (nSPS) is 13.9. The summed E-state index contributed by atoms with van der Waals surface area (Å²) >= 11 is 0. The molecular formula is C14H22FN. The Kier molecular flexibility index (Phi) is 4.09. The van der Waals surface area contributed by atoms with Crippen molar-refractivity contribution in [1.29, 1.82) is 0 Å². The molecule has 1 nitrogen and oxygen atoms in total. The van der Waals surface area contributed by atoms with E-state index in [9.17, 15) is 4.39 Å². The van der Waals surface area contributed by atoms with Gasteiger partial charge in [-0.3, -0.25) is 0 Å². The van der Waals surface area contributed by atoms with Crippen molar-refractivity contribution in [2.24, 2.45) is 5.41 Å². The third kappa shape index (κ3) is 3.05. The van der Waals surface area contributed by atoms with E-state index in [0.717, 1.165) is 12.1 Å². The predicted octanol–water partition coefficient (Wildman–Crippen LogP) is 3.83. The molecule has 0 amide bonds. The standard InChI is InChI=1S/C14H22FN/c1-6-16-13(14(3,4)5)11-7-8-12(15)10(2)9-11/h7-9,13,16H,6H2,1-5H3. The summed E-state index contributed by atoms with van der Waals surface area (Å²) in [5.41, 5.74) is 2.00. The van der Waals surface area contributed by atoms with Gasteiger partial charge < -0.3 is 5.32 Å². The summed E-state index contributed by atoms with van der Waals surface area (Å²) in [6.45, 7) is 11.4. The van der Waals surface area contributed by atoms with E-state index in [1.807, 2.05) is 19.1 Å². The quantitative estimate of drug-likeness (QED) is 0.821. The fourth-order valence-electron chi connectivity index (χ4n) is 1.98. The lowest BCUT2D eigenvalue weighted by Gasteiger charge is -2.32. The Morgan fingerprint density at radius 1 is 1.31 bits per heavy atom. The Morgan fingerprint density at radius 2 is 1.94 bits per heavy atom. The van der Waals surface area contributed by atoms with Crippen LogP contribution in [0.3, 0.4) is 0 Å². The van der Waals surface area contributed by atoms with E-state index in [-0.39, 0.29) is 17.3 Å². The number of benzene rings is 1. The molecule has 0 aliphatic heterocycles. The summed E-state index contributed by atoms with van der Waals surface area (Å²) in [4.78, 5) is 0. The molecule has 1 rings (SSSR count). The Labute approximate surface area is 98.1 Å². The number of nitrogens with one attached hydrogen (secondary N) is 1. The van der Waals surface area contributed by atoms with E-state index < -0.39 is 0 Å². The maximum Gasteiger partial charge on any atom is 0.126 e. The van der Waals surface area contributed by atoms with Gasteiger partial charge in [0.2, 0.25) is 0 Å². The van der Waals surface area contributed by atoms with Crippen LogP contribution < -0.4 is 5.32 Å². The molecule has 0 heterocycles. The highest BCUT2D eigenvalue weighted by atomic mass is 19.1. The molecule has 0 spiro atoms. The van der Waals surface area contributed by atoms with Crippen LogP contribution in [-0.4, -0.2) is 6.54 Å². The summed E-state index contributed by atoms with van der Waals surface area (Å²) in [7, 11) is 0. The minimum absolute atomic E-state index is 0.125. The highest BCUT2D eigenvalue weighted by molar-refractivity contribution is 5.27. The van der Waals surface area contributed by atoms with E-state index >= 15 is 0 Å². The zero-order valence-corrected chi connectivity index (χ0v) is 10.9. The zero-order chi connectivity index (χ0) is 12.3. The Hall–Kier alpha value is -0.890. The molecule has 0 aliphatic rings. The fourth-order valence-corrected chi connectivity index (χ4v) is 1.98. The highest BCUT2D eigenvalue weighted by Crippen LogP contribution is 2.33. The van der Waals surface area contributed by atoms with Crippen LogP contribution >= 0.6 is 0 Å². The topological polar surface area (TPSA) is 12.0 Å². The molecule has 90 valence electrons. The average molecular weight is 223 g/mol. The molecule has 0 aromatic heterocycles. The molecule has 1 atom stereocenters. The van der Waals surface area contributed by atoms with Crippen LogP contribution in [0.4, 0.5) is 4.39 Å². The number of halogens is 1. The van der Waals surface area contributed by atoms with Crippen molar-refractivity contribution in [3.8, 4) is 0 Å². The van der Waals surface area contributed by atoms with Crippen molar-refractivity contribution in [1.82, 2.24) is 5.32 Å². The van der Waals surface area contributed by atoms with Crippen LogP contribution in [0.25, 0.3) is 0 Å². The summed E-state index contributed by atoms with van der Waals surface area (Å²) in [6, 6.07) is 5.63. The monoisotopic (exact) mass is 223 g/mol. The van der Waals surface area contributed by atoms with Crippen molar-refractivity contribution in [3.05, 3.63) is 35.1 Å². The number of aryl methyl sites for hydroxylation is 1. The lowest BCUT2D eigenvalue weighted by Crippen LogP contribution is -2.32. The lowest BCUT2D eigenvalue weighted by molar-refractivity contribution is 0.276. The van der Waals surface area contributed by atoms with Gasteiger partial charge in [-0.05, 0) is 36.1 Å². The molecule has 2 heteroatoms. The SMILES string of the molecule is CCNC(c1ccc(F)c(C)c1)C(C)(C)C. The molecule has 1 aromatic rings. The number of hydrogen-bond donors (Lipinski definition) is 1. The van der Waals surface area contributed by atoms with Gasteiger partial charge in [-0.1, -0.05) is 39.8 Å². The Balaban J connectivity index is 3.06. The van der Waals surface area contributed by atoms with Gasteiger partial charge in [0.25, 0.3) is 0 Å². The first kappa shape index (κ1) is 13.2. The molecule has 1 unspecified atom stereocenters. The van der Waals surface area contributed by atoms with Gasteiger partial charge in [0, 0.05) is 6.04 Å². The second kappa shape index (κ2) is 4.96. The van der Waals surface area contributed by atoms with Crippen molar-refractivity contribution in [2.45, 2.75) is 40.7 Å². The van der Waals surface area contributed by atoms with Crippen molar-refractivity contribution in [3.63, 3.8) is 0 Å². The van der Waals surface area contributed by atoms with E-state index in [2.05, 4.69) is 33.0 Å². The second-order valence-corrected chi connectivity index (χ2v) is 5.37. The van der Waals surface area contributed by atoms with E-state index in [1.54, 1.807) is 6.07 Å². The largest absolute Gasteiger partial charge is 0.310 e. The average Bonchev–Trinajstić information content (AvgIpc) is 2.17. The van der Waals surface area contributed by atoms with Crippen molar-refractivity contribution in [2.75, 3.05) is 6.54 Å². The third-order valence-corrected chi connectivity index (χ3v) is 2.79. The van der Waals surface area contributed by atoms with Crippen molar-refractivity contribution >= 4 is 0 Å². The summed E-state index contributed by atoms with van der Waals surface area (Å²) < 4.78 is 13.2. The molecule has 1 aromatic carbocycles. The van der Waals surface area contributed by atoms with Crippen LogP contribution in [0, 0.1) is 18.2 Å². The predicted molar refractivity (Wildman–Crippen MR) is 67.0 cm³/mol. The Bertz CT molecular complexity index is 352. The maximum absolute atomic E-state index is 13.2. The first-order valence-electron chi connectivity index (χ1n) is 5.85. The first-order chi connectivity index (χ1) is 7.36. The van der Waals surface area contributed by atoms with Crippen LogP contribution in [0.1, 0.15) is 44.9 Å². The van der Waals surface area contributed by atoms with E-state index in [4.69, 9.17) is 0 Å². The lowest BCUT2D eigenvalue weighted by atomic mass is 9.82. The molecule has 0 bridgehead atoms. The molecule has 0 fully saturated rings. The summed E-state index contributed by atoms with van der Waals surface area (Å²) in [5, 5.41) is 3.46. The van der Waals surface area contributed by atoms with Gasteiger partial charge in [-0.15, -0.1) is 0 Å². The molecule has 0 saturated carbocycles. The van der Waals surface area contributed by atoms with Gasteiger partial charge in [-0.25, -0.2) is 4.39 Å². The zero-order valence-electron chi connectivity index (χ0n) is 10.9. The molecule has 0 radical (unpaired) electrons. The maximum atomic E-state index is 13.2. The molecule has 0 aliphatic carbocycles. The molecule has 1 N–H and O–H groups in total. The molecule has 16 heavy (non-hydrogen) atoms. The first-order valence-corrected chi connectivity index (χ1v) is 5.85. The van der Waals surface area contributed by atoms with Gasteiger partial charge in [0.1, 0.15) is 5.82 Å². The van der Waals surface area contributed by atoms with Gasteiger partial charge in [-0.2, -0.15) is 0 Å². The van der Waals surface area contributed by atoms with Gasteiger partial charge in [0.15, 0.2) is 0 Å². The second-order valence-electron chi connectivity index (χ2n) is 5.37. The minimum atomic E-state index is -0.132. The van der Waals surface area contributed by atoms with E-state index in [0.29, 0.717) is 5.56 Å². The van der Waals surface area contributed by atoms with Crippen LogP contribution in [0.15, 0.2) is 18.2 Å². The van der Waals surface area contributed by atoms with Crippen molar-refractivity contribution < 1.29 is 4.39 Å². The highest BCUT2D eigenvalue weighted by Gasteiger charge is 2.25. The number of hydrogen-bond acceptors (Lipinski definition) is 1. The third-order valence-electron chi connectivity index (χ3n) is 2.79. The fraction of sp³-hybridized carbons (Fsp3) is 0.571. The van der Waals surface area contributed by atoms with Crippen LogP contribution in [0.5, 0.6) is 0 Å². The number of rotatable bonds is 3. The molecular weight excluding hydrogens is 201 g/mol. The van der Waals surface area contributed by atoms with E-state index in [1.165, 1.54) is 0 Å². The summed E-state index contributed by atoms with van der Waals surface area (Å²) in [6.07, 6.45) is 0. The van der Waals surface area contributed by atoms with Crippen LogP contribution in [0.2, 0.25) is 0 Å². The Morgan fingerprint density at radius 3 is 2.38 bits per heavy atom. The van der Waals surface area contributed by atoms with Gasteiger partial charge >= 0.3 is 0 Å². The molecule has 0 saturated heterocycles. The van der Waals surface area contributed by atoms with Gasteiger partial charge in [0.05, 0.1) is 0 Å².